The van der Waals surface area contributed by atoms with E-state index in [-0.39, 0.29) is 31.1 Å². The first-order valence-corrected chi connectivity index (χ1v) is 12.4. The van der Waals surface area contributed by atoms with Crippen molar-refractivity contribution in [3.8, 4) is 12.3 Å². The molecule has 2 aromatic rings. The molecule has 2 aliphatic rings. The standard InChI is InChI=1S/C28H32N4O6/c1-4-20-5-7-21(8-6-20)29-28(35)32-17-23(38-14-13-36-3)16-25(32)27(34)30-24-10-9-22(15-19(24)2)31-11-12-37-18-26(31)33/h1,5-10,15,23,25H,11-14,16-18H2,2-3H3,(H,29,35)(H,30,34)/t23-,25-/m1/s1. The Balaban J connectivity index is 1.47. The average Bonchev–Trinajstić information content (AvgIpc) is 3.35. The van der Waals surface area contributed by atoms with Crippen molar-refractivity contribution in [1.82, 2.24) is 4.90 Å². The highest BCUT2D eigenvalue weighted by Gasteiger charge is 2.40. The number of benzene rings is 2. The van der Waals surface area contributed by atoms with Crippen LogP contribution in [0.15, 0.2) is 42.5 Å². The van der Waals surface area contributed by atoms with Crippen LogP contribution in [0, 0.1) is 19.3 Å². The van der Waals surface area contributed by atoms with Crippen molar-refractivity contribution in [3.63, 3.8) is 0 Å². The lowest BCUT2D eigenvalue weighted by molar-refractivity contribution is -0.125. The third-order valence-electron chi connectivity index (χ3n) is 6.54. The number of aryl methyl sites for hydroxylation is 1. The van der Waals surface area contributed by atoms with Crippen molar-refractivity contribution >= 4 is 34.9 Å². The molecule has 2 aliphatic heterocycles. The molecule has 2 fully saturated rings. The molecule has 10 nitrogen and oxygen atoms in total. The highest BCUT2D eigenvalue weighted by Crippen LogP contribution is 2.27. The van der Waals surface area contributed by atoms with Crippen LogP contribution in [0.3, 0.4) is 0 Å². The second-order valence-electron chi connectivity index (χ2n) is 9.13. The fourth-order valence-electron chi connectivity index (χ4n) is 4.50. The maximum atomic E-state index is 13.4. The lowest BCUT2D eigenvalue weighted by atomic mass is 10.1. The van der Waals surface area contributed by atoms with E-state index >= 15 is 0 Å². The molecule has 4 amide bonds. The van der Waals surface area contributed by atoms with Crippen molar-refractivity contribution in [1.29, 1.82) is 0 Å². The lowest BCUT2D eigenvalue weighted by Gasteiger charge is -2.28. The van der Waals surface area contributed by atoms with E-state index in [4.69, 9.17) is 20.6 Å². The molecule has 0 unspecified atom stereocenters. The molecular formula is C28H32N4O6. The molecule has 0 spiro atoms. The van der Waals surface area contributed by atoms with E-state index in [0.717, 1.165) is 11.3 Å². The number of morpholine rings is 1. The van der Waals surface area contributed by atoms with Gasteiger partial charge in [0.15, 0.2) is 0 Å². The van der Waals surface area contributed by atoms with Crippen LogP contribution in [-0.4, -0.2) is 81.5 Å². The zero-order valence-corrected chi connectivity index (χ0v) is 21.6. The number of ether oxygens (including phenoxy) is 3. The molecule has 0 saturated carbocycles. The molecule has 200 valence electrons. The van der Waals surface area contributed by atoms with Gasteiger partial charge in [-0.1, -0.05) is 5.92 Å². The molecule has 0 aromatic heterocycles. The number of carbonyl (C=O) groups is 3. The maximum Gasteiger partial charge on any atom is 0.322 e. The van der Waals surface area contributed by atoms with Crippen molar-refractivity contribution in [2.24, 2.45) is 0 Å². The van der Waals surface area contributed by atoms with Crippen LogP contribution >= 0.6 is 0 Å². The van der Waals surface area contributed by atoms with E-state index in [0.29, 0.717) is 49.7 Å². The number of hydrogen-bond donors (Lipinski definition) is 2. The fraction of sp³-hybridized carbons (Fsp3) is 0.393. The molecular weight excluding hydrogens is 488 g/mol. The molecule has 0 radical (unpaired) electrons. The first kappa shape index (κ1) is 27.1. The van der Waals surface area contributed by atoms with Crippen molar-refractivity contribution in [2.75, 3.05) is 62.2 Å². The first-order chi connectivity index (χ1) is 18.4. The van der Waals surface area contributed by atoms with Gasteiger partial charge in [0, 0.05) is 49.2 Å². The molecule has 2 saturated heterocycles. The third kappa shape index (κ3) is 6.50. The smallest absolute Gasteiger partial charge is 0.322 e. The van der Waals surface area contributed by atoms with Gasteiger partial charge in [-0.2, -0.15) is 0 Å². The van der Waals surface area contributed by atoms with Crippen LogP contribution in [0.25, 0.3) is 0 Å². The van der Waals surface area contributed by atoms with E-state index in [1.54, 1.807) is 48.4 Å². The Morgan fingerprint density at radius 1 is 1.16 bits per heavy atom. The molecule has 2 aromatic carbocycles. The summed E-state index contributed by atoms with van der Waals surface area (Å²) in [5, 5.41) is 5.80. The molecule has 0 aliphatic carbocycles. The van der Waals surface area contributed by atoms with Crippen LogP contribution in [0.5, 0.6) is 0 Å². The van der Waals surface area contributed by atoms with Gasteiger partial charge >= 0.3 is 6.03 Å². The maximum absolute atomic E-state index is 13.4. The normalized spacial score (nSPS) is 19.2. The Kier molecular flexibility index (Phi) is 8.97. The van der Waals surface area contributed by atoms with Gasteiger partial charge in [-0.15, -0.1) is 6.42 Å². The lowest BCUT2D eigenvalue weighted by Crippen LogP contribution is -2.45. The summed E-state index contributed by atoms with van der Waals surface area (Å²) in [5.74, 6) is 2.12. The van der Waals surface area contributed by atoms with Crippen LogP contribution < -0.4 is 15.5 Å². The Morgan fingerprint density at radius 2 is 1.95 bits per heavy atom. The van der Waals surface area contributed by atoms with E-state index < -0.39 is 12.1 Å². The first-order valence-electron chi connectivity index (χ1n) is 12.4. The zero-order valence-electron chi connectivity index (χ0n) is 21.6. The van der Waals surface area contributed by atoms with Gasteiger partial charge in [-0.25, -0.2) is 4.79 Å². The van der Waals surface area contributed by atoms with Gasteiger partial charge in [0.2, 0.25) is 5.91 Å². The third-order valence-corrected chi connectivity index (χ3v) is 6.54. The molecule has 2 atom stereocenters. The Hall–Kier alpha value is -3.91. The fourth-order valence-corrected chi connectivity index (χ4v) is 4.50. The quantitative estimate of drug-likeness (QED) is 0.409. The number of amides is 4. The van der Waals surface area contributed by atoms with Crippen molar-refractivity contribution < 1.29 is 28.6 Å². The minimum absolute atomic E-state index is 0.0544. The average molecular weight is 521 g/mol. The molecule has 10 heteroatoms. The van der Waals surface area contributed by atoms with Gasteiger partial charge in [-0.3, -0.25) is 9.59 Å². The van der Waals surface area contributed by atoms with Gasteiger partial charge in [0.05, 0.1) is 25.9 Å². The summed E-state index contributed by atoms with van der Waals surface area (Å²) in [6.45, 7) is 3.90. The zero-order chi connectivity index (χ0) is 27.1. The number of urea groups is 1. The second kappa shape index (κ2) is 12.6. The van der Waals surface area contributed by atoms with E-state index in [2.05, 4.69) is 16.6 Å². The van der Waals surface area contributed by atoms with Crippen molar-refractivity contribution in [3.05, 3.63) is 53.6 Å². The highest BCUT2D eigenvalue weighted by molar-refractivity contribution is 6.00. The van der Waals surface area contributed by atoms with Gasteiger partial charge in [0.25, 0.3) is 5.91 Å². The summed E-state index contributed by atoms with van der Waals surface area (Å²) in [6.07, 6.45) is 5.44. The second-order valence-corrected chi connectivity index (χ2v) is 9.13. The summed E-state index contributed by atoms with van der Waals surface area (Å²) in [4.78, 5) is 42.0. The SMILES string of the molecule is C#Cc1ccc(NC(=O)N2C[C@H](OCCOC)C[C@@H]2C(=O)Nc2ccc(N3CCOCC3=O)cc2C)cc1. The molecule has 38 heavy (non-hydrogen) atoms. The van der Waals surface area contributed by atoms with E-state index in [1.807, 2.05) is 13.0 Å². The number of carbonyl (C=O) groups excluding carboxylic acids is 3. The van der Waals surface area contributed by atoms with Gasteiger partial charge in [-0.05, 0) is 55.0 Å². The molecule has 2 N–H and O–H groups in total. The van der Waals surface area contributed by atoms with Crippen molar-refractivity contribution in [2.45, 2.75) is 25.5 Å². The molecule has 0 bridgehead atoms. The predicted molar refractivity (Wildman–Crippen MR) is 143 cm³/mol. The minimum atomic E-state index is -0.743. The van der Waals surface area contributed by atoms with Crippen LogP contribution in [0.2, 0.25) is 0 Å². The number of hydrogen-bond acceptors (Lipinski definition) is 6. The van der Waals surface area contributed by atoms with E-state index in [9.17, 15) is 14.4 Å². The number of likely N-dealkylation sites (tertiary alicyclic amines) is 1. The summed E-state index contributed by atoms with van der Waals surface area (Å²) in [6, 6.07) is 11.2. The summed E-state index contributed by atoms with van der Waals surface area (Å²) in [7, 11) is 1.59. The number of anilines is 3. The predicted octanol–water partition coefficient (Wildman–Crippen LogP) is 2.62. The largest absolute Gasteiger partial charge is 0.382 e. The minimum Gasteiger partial charge on any atom is -0.382 e. The molecule has 2 heterocycles. The van der Waals surface area contributed by atoms with Gasteiger partial charge < -0.3 is 34.6 Å². The Bertz CT molecular complexity index is 1210. The monoisotopic (exact) mass is 520 g/mol. The number of nitrogens with zero attached hydrogens (tertiary/aromatic N) is 2. The topological polar surface area (TPSA) is 109 Å². The summed E-state index contributed by atoms with van der Waals surface area (Å²) in [5.41, 5.74) is 3.42. The van der Waals surface area contributed by atoms with Crippen LogP contribution in [-0.2, 0) is 23.8 Å². The van der Waals surface area contributed by atoms with Crippen LogP contribution in [0.1, 0.15) is 17.5 Å². The highest BCUT2D eigenvalue weighted by atomic mass is 16.5. The number of methoxy groups -OCH3 is 1. The summed E-state index contributed by atoms with van der Waals surface area (Å²) < 4.78 is 16.1. The number of rotatable bonds is 8. The number of nitrogens with one attached hydrogen (secondary N) is 2. The number of terminal acetylenes is 1. The van der Waals surface area contributed by atoms with Gasteiger partial charge in [0.1, 0.15) is 12.6 Å². The van der Waals surface area contributed by atoms with E-state index in [1.165, 1.54) is 4.90 Å². The summed E-state index contributed by atoms with van der Waals surface area (Å²) >= 11 is 0. The Labute approximate surface area is 222 Å². The van der Waals surface area contributed by atoms with Crippen LogP contribution in [0.4, 0.5) is 21.9 Å². The Morgan fingerprint density at radius 3 is 2.63 bits per heavy atom. The molecule has 4 rings (SSSR count).